The van der Waals surface area contributed by atoms with Crippen LogP contribution in [0.15, 0.2) is 34.9 Å². The molecule has 0 saturated carbocycles. The first-order chi connectivity index (χ1) is 6.29. The molecule has 0 aliphatic rings. The van der Waals surface area contributed by atoms with E-state index >= 15 is 0 Å². The third-order valence-corrected chi connectivity index (χ3v) is 1.74. The van der Waals surface area contributed by atoms with Gasteiger partial charge in [-0.15, -0.1) is 0 Å². The van der Waals surface area contributed by atoms with Gasteiger partial charge in [-0.25, -0.2) is 0 Å². The van der Waals surface area contributed by atoms with Crippen molar-refractivity contribution in [2.24, 2.45) is 0 Å². The minimum absolute atomic E-state index is 0.0566. The predicted molar refractivity (Wildman–Crippen MR) is 48.0 cm³/mol. The van der Waals surface area contributed by atoms with E-state index in [-0.39, 0.29) is 11.6 Å². The summed E-state index contributed by atoms with van der Waals surface area (Å²) in [4.78, 5) is 0. The molecule has 1 aromatic heterocycles. The summed E-state index contributed by atoms with van der Waals surface area (Å²) in [6.07, 6.45) is 0. The first-order valence-electron chi connectivity index (χ1n) is 3.78. The van der Waals surface area contributed by atoms with Gasteiger partial charge in [-0.3, -0.25) is 0 Å². The maximum atomic E-state index is 9.41. The SMILES string of the molecule is Nc1onc(-c2ccccc2)c1O. The van der Waals surface area contributed by atoms with Crippen molar-refractivity contribution in [2.75, 3.05) is 5.73 Å². The summed E-state index contributed by atoms with van der Waals surface area (Å²) in [5.41, 5.74) is 6.45. The fourth-order valence-electron chi connectivity index (χ4n) is 1.08. The van der Waals surface area contributed by atoms with Crippen molar-refractivity contribution in [1.82, 2.24) is 5.16 Å². The van der Waals surface area contributed by atoms with Gasteiger partial charge in [0.15, 0.2) is 5.69 Å². The molecular formula is C9H8N2O2. The van der Waals surface area contributed by atoms with Gasteiger partial charge in [0.1, 0.15) is 0 Å². The molecule has 0 amide bonds. The molecule has 2 rings (SSSR count). The highest BCUT2D eigenvalue weighted by molar-refractivity contribution is 5.70. The Bertz CT molecular complexity index is 409. The van der Waals surface area contributed by atoms with Gasteiger partial charge in [-0.2, -0.15) is 0 Å². The van der Waals surface area contributed by atoms with E-state index < -0.39 is 0 Å². The maximum absolute atomic E-state index is 9.41. The van der Waals surface area contributed by atoms with E-state index in [4.69, 9.17) is 5.73 Å². The van der Waals surface area contributed by atoms with E-state index in [1.54, 1.807) is 0 Å². The number of anilines is 1. The maximum Gasteiger partial charge on any atom is 0.265 e. The predicted octanol–water partition coefficient (Wildman–Crippen LogP) is 1.63. The number of aromatic hydroxyl groups is 1. The molecule has 0 radical (unpaired) electrons. The molecule has 3 N–H and O–H groups in total. The number of nitrogen functional groups attached to an aromatic ring is 1. The van der Waals surface area contributed by atoms with Gasteiger partial charge in [0, 0.05) is 5.56 Å². The number of hydrogen-bond acceptors (Lipinski definition) is 4. The van der Waals surface area contributed by atoms with Crippen molar-refractivity contribution in [3.8, 4) is 17.0 Å². The molecule has 1 aromatic carbocycles. The molecule has 0 unspecified atom stereocenters. The molecule has 0 aliphatic heterocycles. The molecule has 0 aliphatic carbocycles. The van der Waals surface area contributed by atoms with Crippen molar-refractivity contribution in [2.45, 2.75) is 0 Å². The van der Waals surface area contributed by atoms with Gasteiger partial charge in [-0.05, 0) is 0 Å². The van der Waals surface area contributed by atoms with Crippen LogP contribution in [0, 0.1) is 0 Å². The van der Waals surface area contributed by atoms with Crippen LogP contribution in [0.1, 0.15) is 0 Å². The van der Waals surface area contributed by atoms with Crippen LogP contribution in [0.5, 0.6) is 5.75 Å². The van der Waals surface area contributed by atoms with Crippen LogP contribution in [0.2, 0.25) is 0 Å². The molecule has 4 nitrogen and oxygen atoms in total. The molecule has 0 saturated heterocycles. The standard InChI is InChI=1S/C9H8N2O2/c10-9-8(12)7(11-13-9)6-4-2-1-3-5-6/h1-5,12H,10H2. The summed E-state index contributed by atoms with van der Waals surface area (Å²) in [7, 11) is 0. The molecule has 4 heteroatoms. The second kappa shape index (κ2) is 2.82. The van der Waals surface area contributed by atoms with Gasteiger partial charge < -0.3 is 15.4 Å². The summed E-state index contributed by atoms with van der Waals surface area (Å²) in [5.74, 6) is -0.162. The molecule has 0 atom stereocenters. The fraction of sp³-hybridized carbons (Fsp3) is 0. The monoisotopic (exact) mass is 176 g/mol. The highest BCUT2D eigenvalue weighted by Crippen LogP contribution is 2.32. The highest BCUT2D eigenvalue weighted by atomic mass is 16.5. The molecule has 0 bridgehead atoms. The van der Waals surface area contributed by atoms with E-state index in [0.717, 1.165) is 5.56 Å². The minimum atomic E-state index is -0.105. The number of benzene rings is 1. The summed E-state index contributed by atoms with van der Waals surface area (Å²) < 4.78 is 4.63. The molecule has 66 valence electrons. The first kappa shape index (κ1) is 7.67. The van der Waals surface area contributed by atoms with Crippen LogP contribution < -0.4 is 5.73 Å². The van der Waals surface area contributed by atoms with Crippen LogP contribution in [-0.4, -0.2) is 10.3 Å². The number of hydrogen-bond donors (Lipinski definition) is 2. The van der Waals surface area contributed by atoms with Crippen molar-refractivity contribution >= 4 is 5.88 Å². The van der Waals surface area contributed by atoms with Crippen LogP contribution in [0.25, 0.3) is 11.3 Å². The zero-order valence-corrected chi connectivity index (χ0v) is 6.77. The lowest BCUT2D eigenvalue weighted by Gasteiger charge is -1.93. The van der Waals surface area contributed by atoms with E-state index in [1.807, 2.05) is 30.3 Å². The molecular weight excluding hydrogens is 168 g/mol. The Labute approximate surface area is 74.6 Å². The lowest BCUT2D eigenvalue weighted by atomic mass is 10.1. The second-order valence-corrected chi connectivity index (χ2v) is 2.61. The first-order valence-corrected chi connectivity index (χ1v) is 3.78. The Kier molecular flexibility index (Phi) is 1.66. The fourth-order valence-corrected chi connectivity index (χ4v) is 1.08. The van der Waals surface area contributed by atoms with Gasteiger partial charge in [0.25, 0.3) is 5.88 Å². The van der Waals surface area contributed by atoms with Crippen LogP contribution in [0.4, 0.5) is 5.88 Å². The van der Waals surface area contributed by atoms with Crippen LogP contribution in [0.3, 0.4) is 0 Å². The summed E-state index contributed by atoms with van der Waals surface area (Å²) in [5, 5.41) is 13.0. The Hall–Kier alpha value is -1.97. The summed E-state index contributed by atoms with van der Waals surface area (Å²) >= 11 is 0. The average molecular weight is 176 g/mol. The third kappa shape index (κ3) is 1.22. The van der Waals surface area contributed by atoms with Crippen molar-refractivity contribution < 1.29 is 9.63 Å². The van der Waals surface area contributed by atoms with Crippen LogP contribution >= 0.6 is 0 Å². The number of rotatable bonds is 1. The van der Waals surface area contributed by atoms with Gasteiger partial charge in [0.05, 0.1) is 0 Å². The van der Waals surface area contributed by atoms with E-state index in [9.17, 15) is 5.11 Å². The normalized spacial score (nSPS) is 10.2. The second-order valence-electron chi connectivity index (χ2n) is 2.61. The minimum Gasteiger partial charge on any atom is -0.501 e. The largest absolute Gasteiger partial charge is 0.501 e. The van der Waals surface area contributed by atoms with Gasteiger partial charge in [0.2, 0.25) is 5.75 Å². The third-order valence-electron chi connectivity index (χ3n) is 1.74. The Morgan fingerprint density at radius 2 is 1.92 bits per heavy atom. The number of aromatic nitrogens is 1. The Balaban J connectivity index is 2.53. The molecule has 1 heterocycles. The molecule has 0 fully saturated rings. The number of nitrogens with two attached hydrogens (primary N) is 1. The molecule has 0 spiro atoms. The zero-order chi connectivity index (χ0) is 9.26. The van der Waals surface area contributed by atoms with Crippen molar-refractivity contribution in [1.29, 1.82) is 0 Å². The molecule has 2 aromatic rings. The number of nitrogens with zero attached hydrogens (tertiary/aromatic N) is 1. The quantitative estimate of drug-likeness (QED) is 0.692. The zero-order valence-electron chi connectivity index (χ0n) is 6.77. The Morgan fingerprint density at radius 1 is 1.23 bits per heavy atom. The Morgan fingerprint density at radius 3 is 2.46 bits per heavy atom. The molecule has 13 heavy (non-hydrogen) atoms. The van der Waals surface area contributed by atoms with Crippen molar-refractivity contribution in [3.05, 3.63) is 30.3 Å². The average Bonchev–Trinajstić information content (AvgIpc) is 2.49. The lowest BCUT2D eigenvalue weighted by Crippen LogP contribution is -1.80. The lowest BCUT2D eigenvalue weighted by molar-refractivity contribution is 0.427. The van der Waals surface area contributed by atoms with Crippen LogP contribution in [-0.2, 0) is 0 Å². The van der Waals surface area contributed by atoms with Crippen molar-refractivity contribution in [3.63, 3.8) is 0 Å². The summed E-state index contributed by atoms with van der Waals surface area (Å²) in [6.45, 7) is 0. The van der Waals surface area contributed by atoms with E-state index in [1.165, 1.54) is 0 Å². The van der Waals surface area contributed by atoms with E-state index in [0.29, 0.717) is 5.69 Å². The smallest absolute Gasteiger partial charge is 0.265 e. The van der Waals surface area contributed by atoms with Gasteiger partial charge >= 0.3 is 0 Å². The highest BCUT2D eigenvalue weighted by Gasteiger charge is 2.12. The topological polar surface area (TPSA) is 72.3 Å². The van der Waals surface area contributed by atoms with E-state index in [2.05, 4.69) is 9.68 Å². The summed E-state index contributed by atoms with van der Waals surface area (Å²) in [6, 6.07) is 9.21. The van der Waals surface area contributed by atoms with Gasteiger partial charge in [-0.1, -0.05) is 35.5 Å².